The van der Waals surface area contributed by atoms with Gasteiger partial charge in [-0.2, -0.15) is 0 Å². The highest BCUT2D eigenvalue weighted by atomic mass is 16.4. The van der Waals surface area contributed by atoms with Crippen LogP contribution in [-0.2, 0) is 0 Å². The van der Waals surface area contributed by atoms with Gasteiger partial charge in [0.1, 0.15) is 6.33 Å². The van der Waals surface area contributed by atoms with E-state index in [1.807, 2.05) is 41.8 Å². The Hall–Kier alpha value is -2.62. The summed E-state index contributed by atoms with van der Waals surface area (Å²) in [4.78, 5) is 15.4. The van der Waals surface area contributed by atoms with Gasteiger partial charge in [0.05, 0.1) is 22.3 Å². The Kier molecular flexibility index (Phi) is 2.56. The summed E-state index contributed by atoms with van der Waals surface area (Å²) in [6, 6.07) is 12.9. The highest BCUT2D eigenvalue weighted by Crippen LogP contribution is 2.21. The van der Waals surface area contributed by atoms with Crippen molar-refractivity contribution in [3.8, 4) is 5.69 Å². The molecule has 0 spiro atoms. The number of para-hydroxylation sites is 2. The Morgan fingerprint density at radius 1 is 1.21 bits per heavy atom. The fourth-order valence-electron chi connectivity index (χ4n) is 2.15. The summed E-state index contributed by atoms with van der Waals surface area (Å²) in [6.07, 6.45) is 1.72. The molecule has 94 valence electrons. The van der Waals surface area contributed by atoms with Gasteiger partial charge in [-0.3, -0.25) is 4.57 Å². The molecule has 1 heterocycles. The Bertz CT molecular complexity index is 775. The lowest BCUT2D eigenvalue weighted by atomic mass is 10.1. The molecule has 0 saturated heterocycles. The lowest BCUT2D eigenvalue weighted by molar-refractivity contribution is 0.0697. The number of aromatic carboxylic acids is 1. The molecule has 0 saturated carbocycles. The molecular formula is C15H12N2O2. The zero-order valence-electron chi connectivity index (χ0n) is 10.4. The Morgan fingerprint density at radius 2 is 2.00 bits per heavy atom. The van der Waals surface area contributed by atoms with Crippen molar-refractivity contribution in [2.45, 2.75) is 6.92 Å². The van der Waals surface area contributed by atoms with Crippen LogP contribution in [0, 0.1) is 6.92 Å². The summed E-state index contributed by atoms with van der Waals surface area (Å²) >= 11 is 0. The number of rotatable bonds is 2. The lowest BCUT2D eigenvalue weighted by Crippen LogP contribution is -2.01. The van der Waals surface area contributed by atoms with Gasteiger partial charge in [0.25, 0.3) is 0 Å². The number of fused-ring (bicyclic) bond motifs is 1. The SMILES string of the molecule is Cc1ccc(C(=O)O)cc1-n1cnc2ccccc21. The van der Waals surface area contributed by atoms with E-state index in [1.165, 1.54) is 0 Å². The van der Waals surface area contributed by atoms with Crippen LogP contribution in [0.5, 0.6) is 0 Å². The van der Waals surface area contributed by atoms with Crippen LogP contribution < -0.4 is 0 Å². The zero-order valence-corrected chi connectivity index (χ0v) is 10.4. The van der Waals surface area contributed by atoms with E-state index in [2.05, 4.69) is 4.98 Å². The van der Waals surface area contributed by atoms with Gasteiger partial charge < -0.3 is 5.11 Å². The second-order valence-corrected chi connectivity index (χ2v) is 4.41. The van der Waals surface area contributed by atoms with E-state index < -0.39 is 5.97 Å². The Morgan fingerprint density at radius 3 is 2.79 bits per heavy atom. The lowest BCUT2D eigenvalue weighted by Gasteiger charge is -2.09. The molecule has 4 nitrogen and oxygen atoms in total. The average molecular weight is 252 g/mol. The normalized spacial score (nSPS) is 10.8. The molecule has 1 aromatic heterocycles. The minimum absolute atomic E-state index is 0.276. The van der Waals surface area contributed by atoms with Crippen molar-refractivity contribution in [2.75, 3.05) is 0 Å². The summed E-state index contributed by atoms with van der Waals surface area (Å²) in [5, 5.41) is 9.09. The van der Waals surface area contributed by atoms with Crippen LogP contribution in [0.25, 0.3) is 16.7 Å². The van der Waals surface area contributed by atoms with Crippen molar-refractivity contribution in [1.82, 2.24) is 9.55 Å². The number of benzene rings is 2. The van der Waals surface area contributed by atoms with Gasteiger partial charge in [0.15, 0.2) is 0 Å². The highest BCUT2D eigenvalue weighted by molar-refractivity contribution is 5.89. The van der Waals surface area contributed by atoms with Gasteiger partial charge in [-0.25, -0.2) is 9.78 Å². The number of hydrogen-bond acceptors (Lipinski definition) is 2. The van der Waals surface area contributed by atoms with E-state index in [4.69, 9.17) is 5.11 Å². The number of carboxylic acid groups (broad SMARTS) is 1. The first-order chi connectivity index (χ1) is 9.16. The third kappa shape index (κ3) is 1.87. The molecule has 0 unspecified atom stereocenters. The van der Waals surface area contributed by atoms with E-state index in [0.29, 0.717) is 0 Å². The van der Waals surface area contributed by atoms with Crippen molar-refractivity contribution in [2.24, 2.45) is 0 Å². The smallest absolute Gasteiger partial charge is 0.335 e. The monoisotopic (exact) mass is 252 g/mol. The molecule has 3 aromatic rings. The molecule has 0 aliphatic heterocycles. The molecule has 0 amide bonds. The number of hydrogen-bond donors (Lipinski definition) is 1. The van der Waals surface area contributed by atoms with Crippen LogP contribution in [0.3, 0.4) is 0 Å². The molecular weight excluding hydrogens is 240 g/mol. The first-order valence-electron chi connectivity index (χ1n) is 5.93. The highest BCUT2D eigenvalue weighted by Gasteiger charge is 2.10. The van der Waals surface area contributed by atoms with Gasteiger partial charge in [-0.05, 0) is 36.8 Å². The minimum atomic E-state index is -0.925. The maximum atomic E-state index is 11.1. The fourth-order valence-corrected chi connectivity index (χ4v) is 2.15. The van der Waals surface area contributed by atoms with Crippen LogP contribution in [0.2, 0.25) is 0 Å². The van der Waals surface area contributed by atoms with E-state index in [9.17, 15) is 4.79 Å². The third-order valence-corrected chi connectivity index (χ3v) is 3.17. The fraction of sp³-hybridized carbons (Fsp3) is 0.0667. The van der Waals surface area contributed by atoms with E-state index in [0.717, 1.165) is 22.3 Å². The maximum absolute atomic E-state index is 11.1. The minimum Gasteiger partial charge on any atom is -0.478 e. The van der Waals surface area contributed by atoms with Crippen molar-refractivity contribution in [1.29, 1.82) is 0 Å². The molecule has 19 heavy (non-hydrogen) atoms. The second-order valence-electron chi connectivity index (χ2n) is 4.41. The van der Waals surface area contributed by atoms with Gasteiger partial charge in [-0.15, -0.1) is 0 Å². The number of imidazole rings is 1. The van der Waals surface area contributed by atoms with Crippen LogP contribution in [-0.4, -0.2) is 20.6 Å². The molecule has 0 aliphatic carbocycles. The summed E-state index contributed by atoms with van der Waals surface area (Å²) in [5.41, 5.74) is 3.98. The molecule has 0 atom stereocenters. The Labute approximate surface area is 109 Å². The molecule has 4 heteroatoms. The number of nitrogens with zero attached hydrogens (tertiary/aromatic N) is 2. The summed E-state index contributed by atoms with van der Waals surface area (Å²) < 4.78 is 1.91. The maximum Gasteiger partial charge on any atom is 0.335 e. The van der Waals surface area contributed by atoms with Crippen LogP contribution in [0.4, 0.5) is 0 Å². The predicted octanol–water partition coefficient (Wildman–Crippen LogP) is 3.03. The first-order valence-corrected chi connectivity index (χ1v) is 5.93. The number of aromatic nitrogens is 2. The molecule has 0 bridgehead atoms. The molecule has 0 fully saturated rings. The predicted molar refractivity (Wildman–Crippen MR) is 72.8 cm³/mol. The summed E-state index contributed by atoms with van der Waals surface area (Å²) in [6.45, 7) is 1.95. The van der Waals surface area contributed by atoms with Gasteiger partial charge in [0.2, 0.25) is 0 Å². The topological polar surface area (TPSA) is 55.1 Å². The zero-order chi connectivity index (χ0) is 13.4. The van der Waals surface area contributed by atoms with Crippen molar-refractivity contribution in [3.63, 3.8) is 0 Å². The van der Waals surface area contributed by atoms with Crippen LogP contribution in [0.15, 0.2) is 48.8 Å². The van der Waals surface area contributed by atoms with Gasteiger partial charge in [-0.1, -0.05) is 18.2 Å². The van der Waals surface area contributed by atoms with E-state index in [-0.39, 0.29) is 5.56 Å². The largest absolute Gasteiger partial charge is 0.478 e. The average Bonchev–Trinajstić information content (AvgIpc) is 2.83. The van der Waals surface area contributed by atoms with Crippen LogP contribution >= 0.6 is 0 Å². The molecule has 0 radical (unpaired) electrons. The standard InChI is InChI=1S/C15H12N2O2/c1-10-6-7-11(15(18)19)8-14(10)17-9-16-12-4-2-3-5-13(12)17/h2-9H,1H3,(H,18,19). The quantitative estimate of drug-likeness (QED) is 0.762. The van der Waals surface area contributed by atoms with Crippen molar-refractivity contribution < 1.29 is 9.90 Å². The number of aryl methyl sites for hydroxylation is 1. The third-order valence-electron chi connectivity index (χ3n) is 3.17. The first kappa shape index (κ1) is 11.5. The second kappa shape index (κ2) is 4.24. The molecule has 3 rings (SSSR count). The van der Waals surface area contributed by atoms with Crippen molar-refractivity contribution in [3.05, 3.63) is 59.9 Å². The van der Waals surface area contributed by atoms with E-state index >= 15 is 0 Å². The van der Waals surface area contributed by atoms with Crippen molar-refractivity contribution >= 4 is 17.0 Å². The van der Waals surface area contributed by atoms with Crippen LogP contribution in [0.1, 0.15) is 15.9 Å². The van der Waals surface area contributed by atoms with Gasteiger partial charge >= 0.3 is 5.97 Å². The number of carbonyl (C=O) groups is 1. The summed E-state index contributed by atoms with van der Waals surface area (Å²) in [5.74, 6) is -0.925. The Balaban J connectivity index is 2.26. The molecule has 2 aromatic carbocycles. The molecule has 0 aliphatic rings. The van der Waals surface area contributed by atoms with Gasteiger partial charge in [0, 0.05) is 0 Å². The summed E-state index contributed by atoms with van der Waals surface area (Å²) in [7, 11) is 0. The number of carboxylic acids is 1. The molecule has 1 N–H and O–H groups in total. The van der Waals surface area contributed by atoms with E-state index in [1.54, 1.807) is 18.5 Å².